The number of benzene rings is 2. The van der Waals surface area contributed by atoms with Gasteiger partial charge in [0.15, 0.2) is 6.61 Å². The molecular formula is C21H21N3O6. The predicted octanol–water partition coefficient (Wildman–Crippen LogP) is 2.75. The van der Waals surface area contributed by atoms with Gasteiger partial charge in [0.25, 0.3) is 11.6 Å². The van der Waals surface area contributed by atoms with Crippen LogP contribution in [0.25, 0.3) is 0 Å². The largest absolute Gasteiger partial charge is 0.455 e. The smallest absolute Gasteiger partial charge is 0.311 e. The van der Waals surface area contributed by atoms with E-state index in [-0.39, 0.29) is 24.6 Å². The summed E-state index contributed by atoms with van der Waals surface area (Å²) in [6.45, 7) is 3.33. The summed E-state index contributed by atoms with van der Waals surface area (Å²) < 4.78 is 5.09. The third-order valence-corrected chi connectivity index (χ3v) is 4.82. The summed E-state index contributed by atoms with van der Waals surface area (Å²) in [7, 11) is 0. The topological polar surface area (TPSA) is 119 Å². The molecule has 1 atom stereocenters. The molecule has 9 heteroatoms. The molecule has 3 rings (SSSR count). The monoisotopic (exact) mass is 411 g/mol. The van der Waals surface area contributed by atoms with Crippen LogP contribution >= 0.6 is 0 Å². The van der Waals surface area contributed by atoms with E-state index in [1.54, 1.807) is 6.07 Å². The molecule has 9 nitrogen and oxygen atoms in total. The highest BCUT2D eigenvalue weighted by atomic mass is 16.6. The molecule has 0 saturated carbocycles. The number of nitrogens with one attached hydrogen (secondary N) is 1. The summed E-state index contributed by atoms with van der Waals surface area (Å²) in [4.78, 5) is 48.4. The van der Waals surface area contributed by atoms with Gasteiger partial charge in [-0.1, -0.05) is 18.2 Å². The lowest BCUT2D eigenvalue weighted by atomic mass is 10.1. The van der Waals surface area contributed by atoms with Crippen molar-refractivity contribution in [1.82, 2.24) is 0 Å². The number of amides is 2. The van der Waals surface area contributed by atoms with Gasteiger partial charge in [0.05, 0.1) is 16.5 Å². The van der Waals surface area contributed by atoms with E-state index >= 15 is 0 Å². The number of carbonyl (C=O) groups excluding carboxylic acids is 3. The van der Waals surface area contributed by atoms with E-state index < -0.39 is 29.3 Å². The van der Waals surface area contributed by atoms with E-state index in [0.29, 0.717) is 11.4 Å². The molecule has 1 aliphatic rings. The lowest BCUT2D eigenvalue weighted by molar-refractivity contribution is -0.384. The van der Waals surface area contributed by atoms with Gasteiger partial charge in [-0.3, -0.25) is 24.5 Å². The summed E-state index contributed by atoms with van der Waals surface area (Å²) in [5.41, 5.74) is 2.71. The highest BCUT2D eigenvalue weighted by molar-refractivity contribution is 6.00. The SMILES string of the molecule is Cc1ccc(C)c(NC(=O)COC(=O)[C@H]2CC(=O)N(c3cccc([N+](=O)[O-])c3)C2)c1. The molecule has 0 aliphatic carbocycles. The first-order chi connectivity index (χ1) is 14.2. The molecule has 0 spiro atoms. The fraction of sp³-hybridized carbons (Fsp3) is 0.286. The summed E-state index contributed by atoms with van der Waals surface area (Å²) in [5, 5.41) is 13.6. The van der Waals surface area contributed by atoms with Crippen molar-refractivity contribution in [2.24, 2.45) is 5.92 Å². The van der Waals surface area contributed by atoms with E-state index in [1.807, 2.05) is 32.0 Å². The quantitative estimate of drug-likeness (QED) is 0.443. The van der Waals surface area contributed by atoms with Crippen molar-refractivity contribution in [2.75, 3.05) is 23.4 Å². The zero-order valence-corrected chi connectivity index (χ0v) is 16.6. The fourth-order valence-electron chi connectivity index (χ4n) is 3.20. The zero-order chi connectivity index (χ0) is 21.8. The normalized spacial score (nSPS) is 15.7. The van der Waals surface area contributed by atoms with Gasteiger partial charge < -0.3 is 15.0 Å². The van der Waals surface area contributed by atoms with Crippen LogP contribution in [0.1, 0.15) is 17.5 Å². The number of nitro benzene ring substituents is 1. The van der Waals surface area contributed by atoms with Gasteiger partial charge >= 0.3 is 5.97 Å². The van der Waals surface area contributed by atoms with Crippen molar-refractivity contribution in [1.29, 1.82) is 0 Å². The first-order valence-corrected chi connectivity index (χ1v) is 9.33. The maximum atomic E-state index is 12.3. The number of anilines is 2. The second kappa shape index (κ2) is 8.73. The number of aryl methyl sites for hydroxylation is 2. The van der Waals surface area contributed by atoms with Crippen LogP contribution in [0.2, 0.25) is 0 Å². The van der Waals surface area contributed by atoms with Crippen LogP contribution in [-0.4, -0.2) is 35.9 Å². The number of esters is 1. The Balaban J connectivity index is 1.57. The van der Waals surface area contributed by atoms with Gasteiger partial charge in [0.1, 0.15) is 0 Å². The Kier molecular flexibility index (Phi) is 6.10. The molecule has 0 aromatic heterocycles. The highest BCUT2D eigenvalue weighted by Gasteiger charge is 2.36. The number of carbonyl (C=O) groups is 3. The Labute approximate surface area is 172 Å². The van der Waals surface area contributed by atoms with E-state index in [9.17, 15) is 24.5 Å². The van der Waals surface area contributed by atoms with Crippen LogP contribution in [0, 0.1) is 29.9 Å². The number of hydrogen-bond donors (Lipinski definition) is 1. The van der Waals surface area contributed by atoms with Crippen molar-refractivity contribution < 1.29 is 24.0 Å². The van der Waals surface area contributed by atoms with Gasteiger partial charge in [0, 0.05) is 30.8 Å². The molecule has 1 saturated heterocycles. The maximum Gasteiger partial charge on any atom is 0.311 e. The second-order valence-electron chi connectivity index (χ2n) is 7.16. The standard InChI is InChI=1S/C21H21N3O6/c1-13-6-7-14(2)18(8-13)22-19(25)12-30-21(27)15-9-20(26)23(11-15)16-4-3-5-17(10-16)24(28)29/h3-8,10,15H,9,11-12H2,1-2H3,(H,22,25)/t15-/m0/s1. The molecular weight excluding hydrogens is 390 g/mol. The second-order valence-corrected chi connectivity index (χ2v) is 7.16. The van der Waals surface area contributed by atoms with Crippen LogP contribution < -0.4 is 10.2 Å². The first-order valence-electron chi connectivity index (χ1n) is 9.33. The Morgan fingerprint density at radius 1 is 1.23 bits per heavy atom. The predicted molar refractivity (Wildman–Crippen MR) is 109 cm³/mol. The Morgan fingerprint density at radius 2 is 2.00 bits per heavy atom. The minimum absolute atomic E-state index is 0.0391. The van der Waals surface area contributed by atoms with Crippen LogP contribution in [-0.2, 0) is 19.1 Å². The van der Waals surface area contributed by atoms with E-state index in [1.165, 1.54) is 23.1 Å². The summed E-state index contributed by atoms with van der Waals surface area (Å²) >= 11 is 0. The van der Waals surface area contributed by atoms with E-state index in [4.69, 9.17) is 4.74 Å². The van der Waals surface area contributed by atoms with E-state index in [2.05, 4.69) is 5.32 Å². The summed E-state index contributed by atoms with van der Waals surface area (Å²) in [5.74, 6) is -2.22. The molecule has 1 heterocycles. The van der Waals surface area contributed by atoms with Crippen LogP contribution in [0.3, 0.4) is 0 Å². The van der Waals surface area contributed by atoms with Crippen molar-refractivity contribution in [3.8, 4) is 0 Å². The van der Waals surface area contributed by atoms with Crippen molar-refractivity contribution >= 4 is 34.8 Å². The van der Waals surface area contributed by atoms with Gasteiger partial charge in [-0.05, 0) is 37.1 Å². The average Bonchev–Trinajstić information content (AvgIpc) is 3.11. The van der Waals surface area contributed by atoms with Crippen molar-refractivity contribution in [3.63, 3.8) is 0 Å². The number of rotatable bonds is 6. The van der Waals surface area contributed by atoms with Crippen molar-refractivity contribution in [2.45, 2.75) is 20.3 Å². The third kappa shape index (κ3) is 4.80. The molecule has 2 aromatic rings. The Bertz CT molecular complexity index is 1020. The first kappa shape index (κ1) is 21.0. The van der Waals surface area contributed by atoms with Crippen LogP contribution in [0.5, 0.6) is 0 Å². The van der Waals surface area contributed by atoms with Crippen LogP contribution in [0.4, 0.5) is 17.1 Å². The van der Waals surface area contributed by atoms with Crippen LogP contribution in [0.15, 0.2) is 42.5 Å². The lowest BCUT2D eigenvalue weighted by Gasteiger charge is -2.16. The molecule has 0 radical (unpaired) electrons. The van der Waals surface area contributed by atoms with Crippen molar-refractivity contribution in [3.05, 3.63) is 63.7 Å². The van der Waals surface area contributed by atoms with Gasteiger partial charge in [-0.15, -0.1) is 0 Å². The number of non-ortho nitro benzene ring substituents is 1. The number of ether oxygens (including phenoxy) is 1. The maximum absolute atomic E-state index is 12.3. The number of hydrogen-bond acceptors (Lipinski definition) is 6. The molecule has 0 bridgehead atoms. The average molecular weight is 411 g/mol. The molecule has 0 unspecified atom stereocenters. The minimum atomic E-state index is -0.745. The molecule has 1 N–H and O–H groups in total. The fourth-order valence-corrected chi connectivity index (χ4v) is 3.20. The number of nitrogens with zero attached hydrogens (tertiary/aromatic N) is 2. The Morgan fingerprint density at radius 3 is 2.73 bits per heavy atom. The molecule has 30 heavy (non-hydrogen) atoms. The lowest BCUT2D eigenvalue weighted by Crippen LogP contribution is -2.28. The molecule has 156 valence electrons. The molecule has 2 amide bonds. The third-order valence-electron chi connectivity index (χ3n) is 4.82. The molecule has 1 fully saturated rings. The Hall–Kier alpha value is -3.75. The minimum Gasteiger partial charge on any atom is -0.455 e. The zero-order valence-electron chi connectivity index (χ0n) is 16.6. The molecule has 2 aromatic carbocycles. The van der Waals surface area contributed by atoms with E-state index in [0.717, 1.165) is 11.1 Å². The highest BCUT2D eigenvalue weighted by Crippen LogP contribution is 2.28. The summed E-state index contributed by atoms with van der Waals surface area (Å²) in [6.07, 6.45) is -0.0832. The molecule has 1 aliphatic heterocycles. The summed E-state index contributed by atoms with van der Waals surface area (Å²) in [6, 6.07) is 11.3. The van der Waals surface area contributed by atoms with Gasteiger partial charge in [-0.25, -0.2) is 0 Å². The van der Waals surface area contributed by atoms with Gasteiger partial charge in [0.2, 0.25) is 5.91 Å². The van der Waals surface area contributed by atoms with Gasteiger partial charge in [-0.2, -0.15) is 0 Å². The number of nitro groups is 1.